The molecule has 6 heteroatoms. The van der Waals surface area contributed by atoms with Crippen LogP contribution in [0.5, 0.6) is 0 Å². The monoisotopic (exact) mass is 281 g/mol. The highest BCUT2D eigenvalue weighted by Crippen LogP contribution is 2.28. The molecule has 1 aliphatic heterocycles. The Morgan fingerprint density at radius 3 is 2.68 bits per heavy atom. The van der Waals surface area contributed by atoms with Crippen molar-refractivity contribution < 1.29 is 19.4 Å². The van der Waals surface area contributed by atoms with E-state index in [1.165, 1.54) is 18.9 Å². The lowest BCUT2D eigenvalue weighted by Crippen LogP contribution is -2.46. The molecule has 1 fully saturated rings. The number of rotatable bonds is 3. The lowest BCUT2D eigenvalue weighted by Gasteiger charge is -2.18. The Morgan fingerprint density at radius 2 is 2.05 bits per heavy atom. The van der Waals surface area contributed by atoms with Crippen LogP contribution >= 0.6 is 11.8 Å². The lowest BCUT2D eigenvalue weighted by molar-refractivity contribution is -0.142. The quantitative estimate of drug-likeness (QED) is 0.786. The number of aliphatic hydroxyl groups is 1. The predicted octanol–water partition coefficient (Wildman–Crippen LogP) is 0.434. The van der Waals surface area contributed by atoms with Gasteiger partial charge in [0.1, 0.15) is 5.25 Å². The topological polar surface area (TPSA) is 75.6 Å². The molecule has 2 N–H and O–H groups in total. The second kappa shape index (κ2) is 6.08. The number of amides is 1. The number of aliphatic hydroxyl groups excluding tert-OH is 1. The maximum absolute atomic E-state index is 11.9. The average Bonchev–Trinajstić information content (AvgIpc) is 2.80. The number of carbonyl (C=O) groups excluding carboxylic acids is 2. The van der Waals surface area contributed by atoms with Crippen molar-refractivity contribution >= 4 is 23.6 Å². The highest BCUT2D eigenvalue weighted by Gasteiger charge is 2.41. The van der Waals surface area contributed by atoms with Gasteiger partial charge in [0.15, 0.2) is 0 Å². The van der Waals surface area contributed by atoms with E-state index in [1.54, 1.807) is 24.3 Å². The normalized spacial score (nSPS) is 25.9. The summed E-state index contributed by atoms with van der Waals surface area (Å²) < 4.78 is 4.61. The third kappa shape index (κ3) is 3.08. The number of hydrogen-bond acceptors (Lipinski definition) is 5. The van der Waals surface area contributed by atoms with Gasteiger partial charge in [-0.2, -0.15) is 0 Å². The number of hydrogen-bond donors (Lipinski definition) is 2. The number of benzene rings is 1. The number of nitrogens with one attached hydrogen (secondary N) is 1. The molecule has 2 rings (SSSR count). The summed E-state index contributed by atoms with van der Waals surface area (Å²) in [5, 5.41) is 12.1. The van der Waals surface area contributed by atoms with E-state index in [9.17, 15) is 14.7 Å². The minimum absolute atomic E-state index is 0.254. The van der Waals surface area contributed by atoms with Crippen molar-refractivity contribution in [3.63, 3.8) is 0 Å². The van der Waals surface area contributed by atoms with Crippen LogP contribution in [0.1, 0.15) is 10.4 Å². The molecule has 19 heavy (non-hydrogen) atoms. The molecule has 0 bridgehead atoms. The van der Waals surface area contributed by atoms with E-state index in [1.807, 2.05) is 6.07 Å². The molecule has 0 unspecified atom stereocenters. The first-order valence-corrected chi connectivity index (χ1v) is 6.91. The summed E-state index contributed by atoms with van der Waals surface area (Å²) in [6.07, 6.45) is -0.926. The standard InChI is InChI=1S/C13H15NO4S/c1-18-13(17)11-10(15)9(7-19-11)14-12(16)8-5-3-2-4-6-8/h2-6,9-11,15H,7H2,1H3,(H,14,16)/t9-,10+,11+/m1/s1. The largest absolute Gasteiger partial charge is 0.468 e. The predicted molar refractivity (Wildman–Crippen MR) is 72.0 cm³/mol. The Labute approximate surface area is 115 Å². The molecular formula is C13H15NO4S. The first-order valence-electron chi connectivity index (χ1n) is 5.87. The number of thioether (sulfide) groups is 1. The number of methoxy groups -OCH3 is 1. The molecular weight excluding hydrogens is 266 g/mol. The lowest BCUT2D eigenvalue weighted by atomic mass is 10.1. The highest BCUT2D eigenvalue weighted by molar-refractivity contribution is 8.01. The average molecular weight is 281 g/mol. The van der Waals surface area contributed by atoms with E-state index in [-0.39, 0.29) is 5.91 Å². The molecule has 0 spiro atoms. The Kier molecular flexibility index (Phi) is 4.44. The van der Waals surface area contributed by atoms with Gasteiger partial charge in [-0.15, -0.1) is 11.8 Å². The molecule has 1 aromatic carbocycles. The molecule has 5 nitrogen and oxygen atoms in total. The smallest absolute Gasteiger partial charge is 0.321 e. The fourth-order valence-corrected chi connectivity index (χ4v) is 3.22. The summed E-state index contributed by atoms with van der Waals surface area (Å²) in [5.74, 6) is -0.232. The minimum Gasteiger partial charge on any atom is -0.468 e. The van der Waals surface area contributed by atoms with Crippen LogP contribution in [-0.2, 0) is 9.53 Å². The van der Waals surface area contributed by atoms with Crippen LogP contribution in [-0.4, -0.2) is 47.2 Å². The zero-order valence-electron chi connectivity index (χ0n) is 10.4. The van der Waals surface area contributed by atoms with E-state index in [4.69, 9.17) is 0 Å². The van der Waals surface area contributed by atoms with Crippen molar-refractivity contribution in [1.82, 2.24) is 5.32 Å². The van der Waals surface area contributed by atoms with Crippen molar-refractivity contribution in [3.8, 4) is 0 Å². The molecule has 0 saturated carbocycles. The molecule has 3 atom stereocenters. The molecule has 0 radical (unpaired) electrons. The summed E-state index contributed by atoms with van der Waals surface area (Å²) in [4.78, 5) is 23.4. The summed E-state index contributed by atoms with van der Waals surface area (Å²) >= 11 is 1.29. The molecule has 1 aliphatic rings. The van der Waals surface area contributed by atoms with Gasteiger partial charge in [-0.1, -0.05) is 18.2 Å². The SMILES string of the molecule is COC(=O)[C@H]1SC[C@@H](NC(=O)c2ccccc2)[C@@H]1O. The van der Waals surface area contributed by atoms with Crippen LogP contribution < -0.4 is 5.32 Å². The van der Waals surface area contributed by atoms with Crippen molar-refractivity contribution in [2.75, 3.05) is 12.9 Å². The third-order valence-electron chi connectivity index (χ3n) is 2.96. The van der Waals surface area contributed by atoms with Crippen LogP contribution in [0.15, 0.2) is 30.3 Å². The first-order chi connectivity index (χ1) is 9.13. The van der Waals surface area contributed by atoms with Gasteiger partial charge in [0.05, 0.1) is 19.3 Å². The number of ether oxygens (including phenoxy) is 1. The van der Waals surface area contributed by atoms with Crippen LogP contribution in [0.3, 0.4) is 0 Å². The Balaban J connectivity index is 1.98. The number of esters is 1. The summed E-state index contributed by atoms with van der Waals surface area (Å²) in [6.45, 7) is 0. The minimum atomic E-state index is -0.926. The summed E-state index contributed by atoms with van der Waals surface area (Å²) in [5.41, 5.74) is 0.529. The Bertz CT molecular complexity index is 465. The van der Waals surface area contributed by atoms with Crippen LogP contribution in [0, 0.1) is 0 Å². The zero-order valence-corrected chi connectivity index (χ0v) is 11.2. The third-order valence-corrected chi connectivity index (χ3v) is 4.35. The van der Waals surface area contributed by atoms with E-state index < -0.39 is 23.4 Å². The fraction of sp³-hybridized carbons (Fsp3) is 0.385. The highest BCUT2D eigenvalue weighted by atomic mass is 32.2. The van der Waals surface area contributed by atoms with Crippen LogP contribution in [0.25, 0.3) is 0 Å². The molecule has 0 aliphatic carbocycles. The van der Waals surface area contributed by atoms with Gasteiger partial charge < -0.3 is 15.2 Å². The van der Waals surface area contributed by atoms with E-state index in [0.717, 1.165) is 0 Å². The Hall–Kier alpha value is -1.53. The van der Waals surface area contributed by atoms with Crippen molar-refractivity contribution in [2.45, 2.75) is 17.4 Å². The fourth-order valence-electron chi connectivity index (χ4n) is 1.91. The van der Waals surface area contributed by atoms with Gasteiger partial charge >= 0.3 is 5.97 Å². The van der Waals surface area contributed by atoms with Crippen molar-refractivity contribution in [2.24, 2.45) is 0 Å². The van der Waals surface area contributed by atoms with Gasteiger partial charge in [-0.3, -0.25) is 9.59 Å². The molecule has 102 valence electrons. The zero-order chi connectivity index (χ0) is 13.8. The second-order valence-electron chi connectivity index (χ2n) is 4.21. The van der Waals surface area contributed by atoms with Gasteiger partial charge in [0, 0.05) is 11.3 Å². The Morgan fingerprint density at radius 1 is 1.37 bits per heavy atom. The number of carbonyl (C=O) groups is 2. The van der Waals surface area contributed by atoms with Crippen LogP contribution in [0.4, 0.5) is 0 Å². The second-order valence-corrected chi connectivity index (χ2v) is 5.39. The summed E-state index contributed by atoms with van der Waals surface area (Å²) in [7, 11) is 1.28. The molecule has 1 heterocycles. The molecule has 0 aromatic heterocycles. The van der Waals surface area contributed by atoms with Crippen LogP contribution in [0.2, 0.25) is 0 Å². The van der Waals surface area contributed by atoms with Crippen molar-refractivity contribution in [1.29, 1.82) is 0 Å². The van der Waals surface area contributed by atoms with E-state index >= 15 is 0 Å². The van der Waals surface area contributed by atoms with Gasteiger partial charge in [-0.05, 0) is 12.1 Å². The van der Waals surface area contributed by atoms with E-state index in [0.29, 0.717) is 11.3 Å². The molecule has 1 saturated heterocycles. The van der Waals surface area contributed by atoms with Gasteiger partial charge in [0.2, 0.25) is 0 Å². The van der Waals surface area contributed by atoms with Gasteiger partial charge in [0.25, 0.3) is 5.91 Å². The maximum atomic E-state index is 11.9. The summed E-state index contributed by atoms with van der Waals surface area (Å²) in [6, 6.07) is 8.31. The molecule has 1 amide bonds. The van der Waals surface area contributed by atoms with E-state index in [2.05, 4.69) is 10.1 Å². The van der Waals surface area contributed by atoms with Gasteiger partial charge in [-0.25, -0.2) is 0 Å². The first kappa shape index (κ1) is 13.9. The van der Waals surface area contributed by atoms with Crippen molar-refractivity contribution in [3.05, 3.63) is 35.9 Å². The molecule has 1 aromatic rings. The maximum Gasteiger partial charge on any atom is 0.321 e.